The van der Waals surface area contributed by atoms with Gasteiger partial charge in [-0.15, -0.1) is 0 Å². The van der Waals surface area contributed by atoms with E-state index in [2.05, 4.69) is 28.8 Å². The van der Waals surface area contributed by atoms with Crippen LogP contribution in [0.3, 0.4) is 0 Å². The fourth-order valence-corrected chi connectivity index (χ4v) is 3.17. The van der Waals surface area contributed by atoms with Crippen molar-refractivity contribution in [3.8, 4) is 28.4 Å². The Labute approximate surface area is 177 Å². The van der Waals surface area contributed by atoms with Gasteiger partial charge in [0.2, 0.25) is 0 Å². The summed E-state index contributed by atoms with van der Waals surface area (Å²) in [6.45, 7) is 7.77. The molecule has 3 rings (SSSR count). The normalized spacial score (nSPS) is 11.6. The molecule has 0 aliphatic rings. The van der Waals surface area contributed by atoms with Crippen LogP contribution >= 0.6 is 0 Å². The first kappa shape index (κ1) is 21.6. The van der Waals surface area contributed by atoms with Crippen molar-refractivity contribution in [2.75, 3.05) is 6.61 Å². The summed E-state index contributed by atoms with van der Waals surface area (Å²) in [5, 5.41) is 9.18. The van der Waals surface area contributed by atoms with Gasteiger partial charge in [0.1, 0.15) is 18.2 Å². The van der Waals surface area contributed by atoms with E-state index in [9.17, 15) is 9.90 Å². The van der Waals surface area contributed by atoms with Crippen molar-refractivity contribution in [3.63, 3.8) is 0 Å². The number of ether oxygens (including phenoxy) is 1. The summed E-state index contributed by atoms with van der Waals surface area (Å²) in [5.74, 6) is 1.09. The molecule has 2 aromatic heterocycles. The van der Waals surface area contributed by atoms with Crippen LogP contribution in [0, 0.1) is 5.41 Å². The zero-order valence-electron chi connectivity index (χ0n) is 18.0. The lowest BCUT2D eigenvalue weighted by Crippen LogP contribution is -2.30. The van der Waals surface area contributed by atoms with E-state index < -0.39 is 11.4 Å². The lowest BCUT2D eigenvalue weighted by Gasteiger charge is -2.19. The Morgan fingerprint density at radius 3 is 2.27 bits per heavy atom. The summed E-state index contributed by atoms with van der Waals surface area (Å²) in [6.07, 6.45) is 5.92. The van der Waals surface area contributed by atoms with Crippen LogP contribution < -0.4 is 4.74 Å². The Morgan fingerprint density at radius 2 is 1.70 bits per heavy atom. The molecule has 30 heavy (non-hydrogen) atoms. The highest BCUT2D eigenvalue weighted by molar-refractivity contribution is 5.73. The average molecular weight is 408 g/mol. The number of carboxylic acids is 1. The number of benzene rings is 1. The van der Waals surface area contributed by atoms with Crippen molar-refractivity contribution in [2.24, 2.45) is 5.41 Å². The molecule has 2 N–H and O–H groups in total. The molecule has 0 fully saturated rings. The molecule has 0 radical (unpaired) electrons. The number of H-pyrrole nitrogens is 1. The topological polar surface area (TPSA) is 88.1 Å². The number of aliphatic carboxylic acids is 1. The minimum absolute atomic E-state index is 0.108. The first-order valence-corrected chi connectivity index (χ1v) is 10.3. The number of carbonyl (C=O) groups is 1. The predicted octanol–water partition coefficient (Wildman–Crippen LogP) is 5.53. The maximum atomic E-state index is 11.2. The summed E-state index contributed by atoms with van der Waals surface area (Å²) in [5.41, 5.74) is 3.00. The van der Waals surface area contributed by atoms with Crippen LogP contribution in [0.5, 0.6) is 5.75 Å². The summed E-state index contributed by atoms with van der Waals surface area (Å²) in [4.78, 5) is 23.7. The molecule has 0 saturated carbocycles. The van der Waals surface area contributed by atoms with Crippen molar-refractivity contribution in [1.82, 2.24) is 15.0 Å². The van der Waals surface area contributed by atoms with Gasteiger partial charge in [0, 0.05) is 35.1 Å². The number of aromatic nitrogens is 3. The Balaban J connectivity index is 1.68. The van der Waals surface area contributed by atoms with Gasteiger partial charge in [-0.05, 0) is 63.1 Å². The number of nitrogens with one attached hydrogen (secondary N) is 1. The van der Waals surface area contributed by atoms with Gasteiger partial charge in [0.25, 0.3) is 0 Å². The van der Waals surface area contributed by atoms with Crippen molar-refractivity contribution in [3.05, 3.63) is 54.5 Å². The van der Waals surface area contributed by atoms with Gasteiger partial charge < -0.3 is 14.8 Å². The first-order valence-electron chi connectivity index (χ1n) is 10.3. The Hall–Kier alpha value is -3.15. The summed E-state index contributed by atoms with van der Waals surface area (Å²) in [7, 11) is 0. The number of imidazole rings is 1. The Kier molecular flexibility index (Phi) is 6.55. The third kappa shape index (κ3) is 4.87. The first-order chi connectivity index (χ1) is 14.3. The second kappa shape index (κ2) is 9.11. The van der Waals surface area contributed by atoms with Crippen LogP contribution in [0.2, 0.25) is 0 Å². The zero-order chi connectivity index (χ0) is 21.7. The molecule has 0 unspecified atom stereocenters. The molecule has 6 heteroatoms. The van der Waals surface area contributed by atoms with E-state index >= 15 is 0 Å². The van der Waals surface area contributed by atoms with E-state index in [0.29, 0.717) is 11.7 Å². The number of rotatable bonds is 9. The Morgan fingerprint density at radius 1 is 1.03 bits per heavy atom. The molecule has 0 bridgehead atoms. The third-order valence-corrected chi connectivity index (χ3v) is 5.39. The van der Waals surface area contributed by atoms with E-state index in [-0.39, 0.29) is 6.61 Å². The molecule has 0 amide bonds. The average Bonchev–Trinajstić information content (AvgIpc) is 3.24. The molecular weight excluding hydrogens is 378 g/mol. The minimum Gasteiger partial charge on any atom is -0.492 e. The van der Waals surface area contributed by atoms with Crippen molar-refractivity contribution in [1.29, 1.82) is 0 Å². The summed E-state index contributed by atoms with van der Waals surface area (Å²) < 4.78 is 5.63. The minimum atomic E-state index is -0.934. The lowest BCUT2D eigenvalue weighted by molar-refractivity contribution is -0.148. The van der Waals surface area contributed by atoms with Gasteiger partial charge >= 0.3 is 5.97 Å². The molecule has 0 spiro atoms. The fourth-order valence-electron chi connectivity index (χ4n) is 3.17. The highest BCUT2D eigenvalue weighted by Crippen LogP contribution is 2.26. The smallest absolute Gasteiger partial charge is 0.312 e. The third-order valence-electron chi connectivity index (χ3n) is 5.39. The maximum absolute atomic E-state index is 11.2. The van der Waals surface area contributed by atoms with Crippen LogP contribution in [0.15, 0.2) is 48.8 Å². The summed E-state index contributed by atoms with van der Waals surface area (Å²) in [6, 6.07) is 11.5. The number of pyridine rings is 1. The van der Waals surface area contributed by atoms with Crippen LogP contribution in [0.1, 0.15) is 52.1 Å². The van der Waals surface area contributed by atoms with Crippen LogP contribution in [-0.4, -0.2) is 32.6 Å². The van der Waals surface area contributed by atoms with Crippen LogP contribution in [0.4, 0.5) is 0 Å². The Bertz CT molecular complexity index is 972. The SMILES string of the molecule is CCC(CC)c1cnc(-c2ccc(-c3ccc(OCC(C)(C)C(=O)O)cc3)nc2)[nH]1. The van der Waals surface area contributed by atoms with E-state index in [4.69, 9.17) is 4.74 Å². The largest absolute Gasteiger partial charge is 0.492 e. The van der Waals surface area contributed by atoms with E-state index in [1.807, 2.05) is 48.8 Å². The zero-order valence-corrected chi connectivity index (χ0v) is 18.0. The van der Waals surface area contributed by atoms with Gasteiger partial charge in [-0.2, -0.15) is 0 Å². The number of aromatic amines is 1. The lowest BCUT2D eigenvalue weighted by atomic mass is 9.95. The highest BCUT2D eigenvalue weighted by atomic mass is 16.5. The van der Waals surface area contributed by atoms with Crippen molar-refractivity contribution < 1.29 is 14.6 Å². The second-order valence-corrected chi connectivity index (χ2v) is 8.13. The van der Waals surface area contributed by atoms with E-state index in [1.54, 1.807) is 13.8 Å². The van der Waals surface area contributed by atoms with Gasteiger partial charge in [-0.3, -0.25) is 9.78 Å². The second-order valence-electron chi connectivity index (χ2n) is 8.13. The standard InChI is InChI=1S/C24H29N3O3/c1-5-16(6-2)21-14-26-22(27-21)18-9-12-20(25-13-18)17-7-10-19(11-8-17)30-15-24(3,4)23(28)29/h7-14,16H,5-6,15H2,1-4H3,(H,26,27)(H,28,29). The van der Waals surface area contributed by atoms with Crippen molar-refractivity contribution >= 4 is 5.97 Å². The molecule has 0 aliphatic carbocycles. The number of hydrogen-bond acceptors (Lipinski definition) is 4. The molecule has 0 aliphatic heterocycles. The van der Waals surface area contributed by atoms with Gasteiger partial charge in [0.05, 0.1) is 11.1 Å². The summed E-state index contributed by atoms with van der Waals surface area (Å²) >= 11 is 0. The highest BCUT2D eigenvalue weighted by Gasteiger charge is 2.28. The van der Waals surface area contributed by atoms with E-state index in [0.717, 1.165) is 35.5 Å². The van der Waals surface area contributed by atoms with Crippen LogP contribution in [0.25, 0.3) is 22.6 Å². The molecule has 0 saturated heterocycles. The molecule has 0 atom stereocenters. The monoisotopic (exact) mass is 407 g/mol. The number of hydrogen-bond donors (Lipinski definition) is 2. The number of carboxylic acid groups (broad SMARTS) is 1. The molecule has 158 valence electrons. The predicted molar refractivity (Wildman–Crippen MR) is 117 cm³/mol. The quantitative estimate of drug-likeness (QED) is 0.487. The van der Waals surface area contributed by atoms with Gasteiger partial charge in [-0.1, -0.05) is 13.8 Å². The number of nitrogens with zero attached hydrogens (tertiary/aromatic N) is 2. The van der Waals surface area contributed by atoms with Gasteiger partial charge in [-0.25, -0.2) is 4.98 Å². The molecule has 2 heterocycles. The van der Waals surface area contributed by atoms with Crippen LogP contribution in [-0.2, 0) is 4.79 Å². The van der Waals surface area contributed by atoms with Gasteiger partial charge in [0.15, 0.2) is 0 Å². The molecular formula is C24H29N3O3. The maximum Gasteiger partial charge on any atom is 0.312 e. The molecule has 3 aromatic rings. The molecule has 1 aromatic carbocycles. The fraction of sp³-hybridized carbons (Fsp3) is 0.375. The van der Waals surface area contributed by atoms with E-state index in [1.165, 1.54) is 5.69 Å². The van der Waals surface area contributed by atoms with Crippen molar-refractivity contribution in [2.45, 2.75) is 46.5 Å². The molecule has 6 nitrogen and oxygen atoms in total.